The Kier molecular flexibility index (Phi) is 4.93. The second kappa shape index (κ2) is 6.00. The molecule has 0 aliphatic carbocycles. The van der Waals surface area contributed by atoms with E-state index in [9.17, 15) is 4.79 Å². The van der Waals surface area contributed by atoms with Gasteiger partial charge in [-0.3, -0.25) is 5.26 Å². The fraction of sp³-hybridized carbons (Fsp3) is 0.417. The second-order valence-electron chi connectivity index (χ2n) is 3.85. The summed E-state index contributed by atoms with van der Waals surface area (Å²) in [5.41, 5.74) is -0.580. The second-order valence-corrected chi connectivity index (χ2v) is 4.28. The van der Waals surface area contributed by atoms with E-state index in [1.165, 1.54) is 6.92 Å². The molecule has 0 aromatic heterocycles. The van der Waals surface area contributed by atoms with Crippen LogP contribution in [0.2, 0.25) is 5.02 Å². The summed E-state index contributed by atoms with van der Waals surface area (Å²) in [6, 6.07) is 6.94. The first-order valence-corrected chi connectivity index (χ1v) is 5.64. The van der Waals surface area contributed by atoms with Crippen LogP contribution in [0.15, 0.2) is 24.3 Å². The van der Waals surface area contributed by atoms with Crippen molar-refractivity contribution >= 4 is 17.6 Å². The Balaban J connectivity index is 2.81. The number of esters is 1. The Bertz CT molecular complexity index is 377. The predicted octanol–water partition coefficient (Wildman–Crippen LogP) is 2.69. The van der Waals surface area contributed by atoms with E-state index in [1.807, 2.05) is 0 Å². The molecule has 94 valence electrons. The number of benzene rings is 1. The van der Waals surface area contributed by atoms with Crippen LogP contribution in [0, 0.1) is 0 Å². The van der Waals surface area contributed by atoms with Crippen LogP contribution in [0.1, 0.15) is 19.4 Å². The average Bonchev–Trinajstić information content (AvgIpc) is 2.32. The number of ether oxygens (including phenoxy) is 1. The van der Waals surface area contributed by atoms with Gasteiger partial charge in [-0.15, -0.1) is 0 Å². The smallest absolute Gasteiger partial charge is 0.341 e. The zero-order valence-corrected chi connectivity index (χ0v) is 10.5. The summed E-state index contributed by atoms with van der Waals surface area (Å²) in [4.78, 5) is 15.9. The summed E-state index contributed by atoms with van der Waals surface area (Å²) >= 11 is 5.76. The monoisotopic (exact) mass is 258 g/mol. The fourth-order valence-electron chi connectivity index (χ4n) is 1.42. The largest absolute Gasteiger partial charge is 0.464 e. The minimum atomic E-state index is -1.40. The third kappa shape index (κ3) is 3.70. The summed E-state index contributed by atoms with van der Waals surface area (Å²) in [7, 11) is 0. The molecule has 1 rings (SSSR count). The fourth-order valence-corrected chi connectivity index (χ4v) is 1.54. The summed E-state index contributed by atoms with van der Waals surface area (Å²) in [5.74, 6) is -0.600. The quantitative estimate of drug-likeness (QED) is 0.501. The van der Waals surface area contributed by atoms with Crippen LogP contribution in [0.4, 0.5) is 0 Å². The van der Waals surface area contributed by atoms with E-state index < -0.39 is 11.6 Å². The molecular formula is C12H15ClO4. The van der Waals surface area contributed by atoms with Crippen molar-refractivity contribution in [2.75, 3.05) is 6.61 Å². The zero-order chi connectivity index (χ0) is 12.9. The van der Waals surface area contributed by atoms with E-state index >= 15 is 0 Å². The van der Waals surface area contributed by atoms with Gasteiger partial charge in [-0.1, -0.05) is 23.7 Å². The van der Waals surface area contributed by atoms with Gasteiger partial charge in [0.15, 0.2) is 0 Å². The summed E-state index contributed by atoms with van der Waals surface area (Å²) in [6.45, 7) is 3.40. The predicted molar refractivity (Wildman–Crippen MR) is 63.9 cm³/mol. The van der Waals surface area contributed by atoms with Gasteiger partial charge < -0.3 is 4.74 Å². The standard InChI is InChI=1S/C12H15ClO4/c1-3-16-11(14)12(2,17-15)8-9-4-6-10(13)7-5-9/h4-7,15H,3,8H2,1-2H3/t12-/m0/s1. The van der Waals surface area contributed by atoms with Crippen LogP contribution < -0.4 is 0 Å². The number of carbonyl (C=O) groups excluding carboxylic acids is 1. The van der Waals surface area contributed by atoms with Gasteiger partial charge in [-0.2, -0.15) is 0 Å². The summed E-state index contributed by atoms with van der Waals surface area (Å²) < 4.78 is 4.84. The van der Waals surface area contributed by atoms with Crippen molar-refractivity contribution < 1.29 is 19.7 Å². The molecule has 0 bridgehead atoms. The third-order valence-electron chi connectivity index (χ3n) is 2.36. The van der Waals surface area contributed by atoms with Crippen molar-refractivity contribution in [1.29, 1.82) is 0 Å². The van der Waals surface area contributed by atoms with Crippen LogP contribution in [0.3, 0.4) is 0 Å². The van der Waals surface area contributed by atoms with Crippen LogP contribution >= 0.6 is 11.6 Å². The van der Waals surface area contributed by atoms with Gasteiger partial charge in [0, 0.05) is 11.4 Å². The Labute approximate surface area is 105 Å². The molecule has 0 aliphatic heterocycles. The van der Waals surface area contributed by atoms with Crippen molar-refractivity contribution in [3.63, 3.8) is 0 Å². The van der Waals surface area contributed by atoms with Crippen LogP contribution in [0.25, 0.3) is 0 Å². The molecular weight excluding hydrogens is 244 g/mol. The molecule has 0 heterocycles. The van der Waals surface area contributed by atoms with Gasteiger partial charge in [0.1, 0.15) is 0 Å². The minimum Gasteiger partial charge on any atom is -0.464 e. The Morgan fingerprint density at radius 1 is 1.41 bits per heavy atom. The molecule has 0 radical (unpaired) electrons. The molecule has 0 saturated heterocycles. The molecule has 0 fully saturated rings. The van der Waals surface area contributed by atoms with Crippen LogP contribution in [0.5, 0.6) is 0 Å². The lowest BCUT2D eigenvalue weighted by Crippen LogP contribution is -2.41. The highest BCUT2D eigenvalue weighted by molar-refractivity contribution is 6.30. The molecule has 1 aromatic rings. The molecule has 1 aromatic carbocycles. The first-order chi connectivity index (χ1) is 8.01. The van der Waals surface area contributed by atoms with Crippen LogP contribution in [-0.2, 0) is 20.8 Å². The summed E-state index contributed by atoms with van der Waals surface area (Å²) in [5, 5.41) is 9.48. The average molecular weight is 259 g/mol. The molecule has 17 heavy (non-hydrogen) atoms. The van der Waals surface area contributed by atoms with Gasteiger partial charge in [0.05, 0.1) is 6.61 Å². The molecule has 0 saturated carbocycles. The van der Waals surface area contributed by atoms with Gasteiger partial charge in [0.25, 0.3) is 0 Å². The minimum absolute atomic E-state index is 0.208. The van der Waals surface area contributed by atoms with Crippen molar-refractivity contribution in [3.05, 3.63) is 34.9 Å². The Morgan fingerprint density at radius 2 is 2.00 bits per heavy atom. The lowest BCUT2D eigenvalue weighted by Gasteiger charge is -2.23. The van der Waals surface area contributed by atoms with E-state index in [0.717, 1.165) is 5.56 Å². The van der Waals surface area contributed by atoms with Gasteiger partial charge in [-0.05, 0) is 31.5 Å². The number of rotatable bonds is 5. The SMILES string of the molecule is CCOC(=O)[C@](C)(Cc1ccc(Cl)cc1)OO. The highest BCUT2D eigenvalue weighted by atomic mass is 35.5. The van der Waals surface area contributed by atoms with E-state index in [-0.39, 0.29) is 13.0 Å². The van der Waals surface area contributed by atoms with Crippen molar-refractivity contribution in [1.82, 2.24) is 0 Å². The van der Waals surface area contributed by atoms with E-state index in [1.54, 1.807) is 31.2 Å². The van der Waals surface area contributed by atoms with Gasteiger partial charge in [-0.25, -0.2) is 9.68 Å². The zero-order valence-electron chi connectivity index (χ0n) is 9.77. The molecule has 1 atom stereocenters. The highest BCUT2D eigenvalue weighted by Gasteiger charge is 2.37. The van der Waals surface area contributed by atoms with Crippen molar-refractivity contribution in [2.24, 2.45) is 0 Å². The van der Waals surface area contributed by atoms with Crippen LogP contribution in [-0.4, -0.2) is 23.4 Å². The lowest BCUT2D eigenvalue weighted by molar-refractivity contribution is -0.313. The number of halogens is 1. The summed E-state index contributed by atoms with van der Waals surface area (Å²) in [6.07, 6.45) is 0.208. The Morgan fingerprint density at radius 3 is 2.47 bits per heavy atom. The lowest BCUT2D eigenvalue weighted by atomic mass is 9.97. The molecule has 1 N–H and O–H groups in total. The first-order valence-electron chi connectivity index (χ1n) is 5.26. The Hall–Kier alpha value is -1.10. The molecule has 0 aliphatic rings. The van der Waals surface area contributed by atoms with E-state index in [4.69, 9.17) is 21.6 Å². The van der Waals surface area contributed by atoms with Gasteiger partial charge in [0.2, 0.25) is 5.60 Å². The maximum absolute atomic E-state index is 11.6. The van der Waals surface area contributed by atoms with Crippen molar-refractivity contribution in [2.45, 2.75) is 25.9 Å². The maximum Gasteiger partial charge on any atom is 0.341 e. The van der Waals surface area contributed by atoms with Crippen molar-refractivity contribution in [3.8, 4) is 0 Å². The number of hydrogen-bond acceptors (Lipinski definition) is 4. The van der Waals surface area contributed by atoms with E-state index in [2.05, 4.69) is 4.89 Å². The topological polar surface area (TPSA) is 55.8 Å². The molecule has 5 heteroatoms. The van der Waals surface area contributed by atoms with E-state index in [0.29, 0.717) is 5.02 Å². The van der Waals surface area contributed by atoms with Gasteiger partial charge >= 0.3 is 5.97 Å². The molecule has 0 spiro atoms. The number of hydrogen-bond donors (Lipinski definition) is 1. The normalized spacial score (nSPS) is 14.1. The molecule has 4 nitrogen and oxygen atoms in total. The molecule has 0 unspecified atom stereocenters. The maximum atomic E-state index is 11.6. The first kappa shape index (κ1) is 14.0. The number of carbonyl (C=O) groups is 1. The highest BCUT2D eigenvalue weighted by Crippen LogP contribution is 2.20. The molecule has 0 amide bonds. The third-order valence-corrected chi connectivity index (χ3v) is 2.62.